The van der Waals surface area contributed by atoms with Crippen molar-refractivity contribution in [3.05, 3.63) is 0 Å². The van der Waals surface area contributed by atoms with Gasteiger partial charge in [-0.3, -0.25) is 9.14 Å². The van der Waals surface area contributed by atoms with Gasteiger partial charge in [-0.15, -0.1) is 0 Å². The average molecular weight is 870 g/mol. The van der Waals surface area contributed by atoms with Crippen LogP contribution in [0.2, 0.25) is 0 Å². The van der Waals surface area contributed by atoms with Crippen molar-refractivity contribution < 1.29 is 14.3 Å². The Morgan fingerprint density at radius 3 is 0.833 bits per heavy atom. The van der Waals surface area contributed by atoms with Crippen LogP contribution < -0.4 is 0 Å². The monoisotopic (exact) mass is 869 g/mol. The molecule has 0 aliphatic rings. The van der Waals surface area contributed by atoms with Crippen molar-refractivity contribution in [3.63, 3.8) is 0 Å². The number of ether oxygens (including phenoxy) is 2. The molecule has 0 aromatic heterocycles. The van der Waals surface area contributed by atoms with E-state index < -0.39 is 0 Å². The topological polar surface area (TPSA) is 34.2 Å². The lowest BCUT2D eigenvalue weighted by Gasteiger charge is -2.22. The smallest absolute Gasteiger partial charge is 0.0918 e. The van der Waals surface area contributed by atoms with Gasteiger partial charge in [0.15, 0.2) is 0 Å². The molecular weight excluding hydrogens is 757 g/mol. The third kappa shape index (κ3) is 50.8. The highest BCUT2D eigenvalue weighted by Gasteiger charge is 2.08. The van der Waals surface area contributed by atoms with Gasteiger partial charge in [0.2, 0.25) is 0 Å². The van der Waals surface area contributed by atoms with Crippen molar-refractivity contribution >= 4 is 11.9 Å². The van der Waals surface area contributed by atoms with Crippen molar-refractivity contribution in [2.45, 2.75) is 285 Å². The molecule has 0 rings (SSSR count). The molecular formula is C54H112N2O3S. The van der Waals surface area contributed by atoms with Crippen LogP contribution in [0.25, 0.3) is 0 Å². The third-order valence-electron chi connectivity index (χ3n) is 12.4. The molecule has 60 heavy (non-hydrogen) atoms. The van der Waals surface area contributed by atoms with Crippen LogP contribution in [0.1, 0.15) is 285 Å². The van der Waals surface area contributed by atoms with Gasteiger partial charge >= 0.3 is 0 Å². The summed E-state index contributed by atoms with van der Waals surface area (Å²) in [6, 6.07) is 0. The van der Waals surface area contributed by atoms with E-state index in [1.807, 2.05) is 11.9 Å². The molecule has 362 valence electrons. The molecule has 0 N–H and O–H groups in total. The van der Waals surface area contributed by atoms with E-state index in [0.717, 1.165) is 25.4 Å². The fourth-order valence-electron chi connectivity index (χ4n) is 8.36. The van der Waals surface area contributed by atoms with Crippen LogP contribution >= 0.6 is 11.9 Å². The molecule has 0 heterocycles. The van der Waals surface area contributed by atoms with Crippen molar-refractivity contribution in [1.82, 2.24) is 9.37 Å². The number of hydrogen-bond donors (Lipinski definition) is 0. The van der Waals surface area contributed by atoms with Crippen LogP contribution in [-0.2, 0) is 14.3 Å². The second kappa shape index (κ2) is 55.3. The van der Waals surface area contributed by atoms with E-state index >= 15 is 0 Å². The summed E-state index contributed by atoms with van der Waals surface area (Å²) in [5.41, 5.74) is 0. The quantitative estimate of drug-likeness (QED) is 0.0344. The Balaban J connectivity index is 4.30. The maximum atomic E-state index is 6.29. The van der Waals surface area contributed by atoms with Gasteiger partial charge in [0.25, 0.3) is 0 Å². The minimum atomic E-state index is 0.649. The first kappa shape index (κ1) is 60.2. The molecule has 0 spiro atoms. The highest BCUT2D eigenvalue weighted by atomic mass is 32.2. The minimum Gasteiger partial charge on any atom is -0.378 e. The SMILES string of the molecule is CCCCCCCCCCCCN(CCCCCCCCCCCC)OCCOCCOCCSN(CCCCCCCCCCCC)CCCCCCCCCCCC. The first-order valence-corrected chi connectivity index (χ1v) is 28.6. The summed E-state index contributed by atoms with van der Waals surface area (Å²) in [6.45, 7) is 17.3. The van der Waals surface area contributed by atoms with E-state index in [2.05, 4.69) is 37.1 Å². The van der Waals surface area contributed by atoms with Gasteiger partial charge in [0, 0.05) is 31.9 Å². The fourth-order valence-corrected chi connectivity index (χ4v) is 9.32. The Morgan fingerprint density at radius 1 is 0.267 bits per heavy atom. The molecule has 0 aliphatic heterocycles. The predicted molar refractivity (Wildman–Crippen MR) is 271 cm³/mol. The number of rotatable bonds is 55. The summed E-state index contributed by atoms with van der Waals surface area (Å²) in [5, 5.41) is 2.27. The average Bonchev–Trinajstić information content (AvgIpc) is 3.26. The van der Waals surface area contributed by atoms with Crippen molar-refractivity contribution in [2.75, 3.05) is 65.0 Å². The van der Waals surface area contributed by atoms with E-state index in [0.29, 0.717) is 26.4 Å². The maximum absolute atomic E-state index is 6.29. The Kier molecular flexibility index (Phi) is 55.4. The summed E-state index contributed by atoms with van der Waals surface area (Å²) in [4.78, 5) is 6.29. The summed E-state index contributed by atoms with van der Waals surface area (Å²) in [6.07, 6.45) is 55.8. The first-order chi connectivity index (χ1) is 29.8. The number of hydroxylamine groups is 2. The molecule has 5 nitrogen and oxygen atoms in total. The van der Waals surface area contributed by atoms with E-state index in [-0.39, 0.29) is 0 Å². The molecule has 0 fully saturated rings. The molecule has 0 aromatic rings. The molecule has 6 heteroatoms. The number of unbranched alkanes of at least 4 members (excludes halogenated alkanes) is 36. The fraction of sp³-hybridized carbons (Fsp3) is 1.00. The summed E-state index contributed by atoms with van der Waals surface area (Å²) < 4.78 is 14.7. The molecule has 0 atom stereocenters. The van der Waals surface area contributed by atoms with Gasteiger partial charge in [-0.1, -0.05) is 271 Å². The zero-order chi connectivity index (χ0) is 43.3. The van der Waals surface area contributed by atoms with Crippen LogP contribution in [0.15, 0.2) is 0 Å². The molecule has 0 bridgehead atoms. The molecule has 0 unspecified atom stereocenters. The van der Waals surface area contributed by atoms with E-state index in [1.54, 1.807) is 0 Å². The van der Waals surface area contributed by atoms with E-state index in [9.17, 15) is 0 Å². The number of hydrogen-bond acceptors (Lipinski definition) is 6. The lowest BCUT2D eigenvalue weighted by atomic mass is 10.1. The van der Waals surface area contributed by atoms with Crippen LogP contribution in [0, 0.1) is 0 Å². The van der Waals surface area contributed by atoms with Gasteiger partial charge in [0.05, 0.1) is 33.0 Å². The van der Waals surface area contributed by atoms with Crippen molar-refractivity contribution in [2.24, 2.45) is 0 Å². The molecule has 0 radical (unpaired) electrons. The van der Waals surface area contributed by atoms with E-state index in [1.165, 1.54) is 270 Å². The molecule has 0 saturated carbocycles. The van der Waals surface area contributed by atoms with Gasteiger partial charge in [-0.2, -0.15) is 5.06 Å². The Bertz CT molecular complexity index is 638. The minimum absolute atomic E-state index is 0.649. The molecule has 0 amide bonds. The highest BCUT2D eigenvalue weighted by molar-refractivity contribution is 7.97. The normalized spacial score (nSPS) is 11.9. The largest absolute Gasteiger partial charge is 0.378 e. The van der Waals surface area contributed by atoms with E-state index in [4.69, 9.17) is 14.3 Å². The summed E-state index contributed by atoms with van der Waals surface area (Å²) >= 11 is 2.03. The standard InChI is InChI=1S/C54H112N2O3S/c1-5-9-13-17-21-25-29-33-37-41-45-55(46-42-38-34-30-26-22-18-14-10-6-2)59-52-51-57-49-50-58-53-54-60-56(47-43-39-35-31-27-23-19-15-11-7-3)48-44-40-36-32-28-24-20-16-12-8-4/h5-54H2,1-4H3. The maximum Gasteiger partial charge on any atom is 0.0918 e. The van der Waals surface area contributed by atoms with Gasteiger partial charge < -0.3 is 9.47 Å². The van der Waals surface area contributed by atoms with Gasteiger partial charge in [0.1, 0.15) is 0 Å². The second-order valence-electron chi connectivity index (χ2n) is 18.5. The Hall–Kier alpha value is 0.150. The highest BCUT2D eigenvalue weighted by Crippen LogP contribution is 2.18. The van der Waals surface area contributed by atoms with Gasteiger partial charge in [-0.25, -0.2) is 0 Å². The third-order valence-corrected chi connectivity index (χ3v) is 13.5. The first-order valence-electron chi connectivity index (χ1n) is 27.7. The van der Waals surface area contributed by atoms with Crippen LogP contribution in [-0.4, -0.2) is 74.3 Å². The van der Waals surface area contributed by atoms with Crippen LogP contribution in [0.3, 0.4) is 0 Å². The Labute approximate surface area is 383 Å². The predicted octanol–water partition coefficient (Wildman–Crippen LogP) is 17.9. The number of nitrogens with zero attached hydrogens (tertiary/aromatic N) is 2. The Morgan fingerprint density at radius 2 is 0.517 bits per heavy atom. The van der Waals surface area contributed by atoms with Crippen molar-refractivity contribution in [1.29, 1.82) is 0 Å². The molecule has 0 saturated heterocycles. The molecule has 0 aromatic carbocycles. The lowest BCUT2D eigenvalue weighted by Crippen LogP contribution is -2.28. The zero-order valence-electron chi connectivity index (χ0n) is 41.9. The summed E-state index contributed by atoms with van der Waals surface area (Å²) in [7, 11) is 0. The summed E-state index contributed by atoms with van der Waals surface area (Å²) in [5.74, 6) is 1.05. The van der Waals surface area contributed by atoms with Crippen molar-refractivity contribution in [3.8, 4) is 0 Å². The zero-order valence-corrected chi connectivity index (χ0v) is 42.7. The van der Waals surface area contributed by atoms with Crippen LogP contribution in [0.4, 0.5) is 0 Å². The van der Waals surface area contributed by atoms with Crippen LogP contribution in [0.5, 0.6) is 0 Å². The lowest BCUT2D eigenvalue weighted by molar-refractivity contribution is -0.171. The second-order valence-corrected chi connectivity index (χ2v) is 19.7. The van der Waals surface area contributed by atoms with Gasteiger partial charge in [-0.05, 0) is 25.7 Å². The molecule has 0 aliphatic carbocycles.